The third-order valence-electron chi connectivity index (χ3n) is 5.32. The zero-order chi connectivity index (χ0) is 20.9. The Morgan fingerprint density at radius 1 is 0.548 bits per heavy atom. The van der Waals surface area contributed by atoms with Crippen molar-refractivity contribution in [3.8, 4) is 22.5 Å². The highest BCUT2D eigenvalue weighted by Crippen LogP contribution is 2.39. The van der Waals surface area contributed by atoms with Gasteiger partial charge in [-0.25, -0.2) is 0 Å². The molecule has 5 aromatic rings. The smallest absolute Gasteiger partial charge is 0.143 e. The first-order valence-electron chi connectivity index (χ1n) is 10.5. The van der Waals surface area contributed by atoms with Crippen molar-refractivity contribution >= 4 is 11.6 Å². The Hall–Kier alpha value is -4.10. The molecule has 31 heavy (non-hydrogen) atoms. The third kappa shape index (κ3) is 4.12. The van der Waals surface area contributed by atoms with Crippen molar-refractivity contribution in [3.63, 3.8) is 0 Å². The molecule has 1 heterocycles. The van der Waals surface area contributed by atoms with Crippen LogP contribution in [-0.4, -0.2) is 0 Å². The molecule has 0 amide bonds. The largest absolute Gasteiger partial charge is 0.455 e. The summed E-state index contributed by atoms with van der Waals surface area (Å²) in [5, 5.41) is 0. The van der Waals surface area contributed by atoms with E-state index < -0.39 is 0 Å². The van der Waals surface area contributed by atoms with Crippen LogP contribution in [0.25, 0.3) is 34.1 Å². The Balaban J connectivity index is 1.75. The summed E-state index contributed by atoms with van der Waals surface area (Å²) in [6.07, 6.45) is 2.20. The van der Waals surface area contributed by atoms with Crippen LogP contribution in [0.1, 0.15) is 16.9 Å². The van der Waals surface area contributed by atoms with Crippen LogP contribution >= 0.6 is 0 Å². The molecule has 4 aromatic carbocycles. The predicted molar refractivity (Wildman–Crippen MR) is 129 cm³/mol. The summed E-state index contributed by atoms with van der Waals surface area (Å²) < 4.78 is 6.58. The molecule has 0 bridgehead atoms. The molecule has 0 atom stereocenters. The van der Waals surface area contributed by atoms with Crippen LogP contribution < -0.4 is 0 Å². The normalized spacial score (nSPS) is 11.4. The first-order chi connectivity index (χ1) is 15.4. The van der Waals surface area contributed by atoms with E-state index in [2.05, 4.69) is 97.1 Å². The number of rotatable bonds is 5. The molecular weight excluding hydrogens is 376 g/mol. The number of hydrogen-bond acceptors (Lipinski definition) is 1. The van der Waals surface area contributed by atoms with E-state index in [1.807, 2.05) is 36.4 Å². The molecule has 0 N–H and O–H groups in total. The van der Waals surface area contributed by atoms with Gasteiger partial charge in [-0.2, -0.15) is 0 Å². The highest BCUT2D eigenvalue weighted by Gasteiger charge is 2.19. The summed E-state index contributed by atoms with van der Waals surface area (Å²) >= 11 is 0. The lowest BCUT2D eigenvalue weighted by Gasteiger charge is -2.09. The van der Waals surface area contributed by atoms with Gasteiger partial charge in [0, 0.05) is 16.7 Å². The fraction of sp³-hybridized carbons (Fsp3) is 0. The molecule has 0 aliphatic rings. The third-order valence-corrected chi connectivity index (χ3v) is 5.32. The minimum atomic E-state index is 0.865. The zero-order valence-electron chi connectivity index (χ0n) is 17.1. The number of hydrogen-bond donors (Lipinski definition) is 0. The number of furan rings is 1. The molecule has 0 fully saturated rings. The van der Waals surface area contributed by atoms with E-state index in [9.17, 15) is 0 Å². The van der Waals surface area contributed by atoms with Gasteiger partial charge in [0.15, 0.2) is 0 Å². The first-order valence-corrected chi connectivity index (χ1v) is 10.5. The monoisotopic (exact) mass is 398 g/mol. The topological polar surface area (TPSA) is 13.1 Å². The molecule has 148 valence electrons. The fourth-order valence-electron chi connectivity index (χ4n) is 3.78. The second kappa shape index (κ2) is 8.73. The molecule has 0 unspecified atom stereocenters. The van der Waals surface area contributed by atoms with Crippen LogP contribution in [0.4, 0.5) is 0 Å². The van der Waals surface area contributed by atoms with Crippen LogP contribution in [0.5, 0.6) is 0 Å². The van der Waals surface area contributed by atoms with Gasteiger partial charge in [0.25, 0.3) is 0 Å². The second-order valence-electron chi connectivity index (χ2n) is 7.42. The molecule has 0 spiro atoms. The highest BCUT2D eigenvalue weighted by molar-refractivity contribution is 5.95. The summed E-state index contributed by atoms with van der Waals surface area (Å²) in [7, 11) is 0. The van der Waals surface area contributed by atoms with Gasteiger partial charge in [-0.15, -0.1) is 0 Å². The maximum atomic E-state index is 6.58. The second-order valence-corrected chi connectivity index (χ2v) is 7.42. The Kier molecular flexibility index (Phi) is 5.32. The molecule has 1 aromatic heterocycles. The van der Waals surface area contributed by atoms with E-state index in [0.717, 1.165) is 44.9 Å². The maximum absolute atomic E-state index is 6.58. The molecule has 1 heteroatoms. The van der Waals surface area contributed by atoms with Gasteiger partial charge in [-0.05, 0) is 28.8 Å². The lowest BCUT2D eigenvalue weighted by atomic mass is 9.95. The van der Waals surface area contributed by atoms with E-state index in [1.54, 1.807) is 0 Å². The van der Waals surface area contributed by atoms with Crippen molar-refractivity contribution in [1.82, 2.24) is 0 Å². The van der Waals surface area contributed by atoms with Crippen molar-refractivity contribution < 1.29 is 4.42 Å². The highest BCUT2D eigenvalue weighted by atomic mass is 16.3. The lowest BCUT2D eigenvalue weighted by Crippen LogP contribution is -1.89. The SMILES string of the molecule is C(=C(/c1ccccc1)c1oc(-c2ccccc2)cc1-c1ccccc1)/c1ccccc1. The molecule has 5 rings (SSSR count). The maximum Gasteiger partial charge on any atom is 0.143 e. The minimum Gasteiger partial charge on any atom is -0.455 e. The van der Waals surface area contributed by atoms with E-state index in [1.165, 1.54) is 0 Å². The Morgan fingerprint density at radius 3 is 1.68 bits per heavy atom. The van der Waals surface area contributed by atoms with Crippen LogP contribution in [0.15, 0.2) is 132 Å². The zero-order valence-corrected chi connectivity index (χ0v) is 17.1. The van der Waals surface area contributed by atoms with Crippen LogP contribution in [-0.2, 0) is 0 Å². The van der Waals surface area contributed by atoms with Gasteiger partial charge in [-0.3, -0.25) is 0 Å². The van der Waals surface area contributed by atoms with Gasteiger partial charge in [0.05, 0.1) is 0 Å². The van der Waals surface area contributed by atoms with Gasteiger partial charge < -0.3 is 4.42 Å². The number of benzene rings is 4. The van der Waals surface area contributed by atoms with Crippen molar-refractivity contribution in [2.75, 3.05) is 0 Å². The van der Waals surface area contributed by atoms with Crippen LogP contribution in [0, 0.1) is 0 Å². The average molecular weight is 399 g/mol. The molecule has 1 nitrogen and oxygen atoms in total. The molecule has 0 radical (unpaired) electrons. The predicted octanol–water partition coefficient (Wildman–Crippen LogP) is 8.20. The van der Waals surface area contributed by atoms with E-state index in [-0.39, 0.29) is 0 Å². The fourth-order valence-corrected chi connectivity index (χ4v) is 3.78. The average Bonchev–Trinajstić information content (AvgIpc) is 3.30. The summed E-state index contributed by atoms with van der Waals surface area (Å²) in [6, 6.07) is 43.7. The van der Waals surface area contributed by atoms with Crippen LogP contribution in [0.2, 0.25) is 0 Å². The van der Waals surface area contributed by atoms with Gasteiger partial charge in [0.2, 0.25) is 0 Å². The van der Waals surface area contributed by atoms with Crippen molar-refractivity contribution in [1.29, 1.82) is 0 Å². The molecule has 0 saturated heterocycles. The van der Waals surface area contributed by atoms with E-state index >= 15 is 0 Å². The summed E-state index contributed by atoms with van der Waals surface area (Å²) in [5.41, 5.74) is 6.62. The molecular formula is C30H22O. The van der Waals surface area contributed by atoms with Gasteiger partial charge in [0.1, 0.15) is 11.5 Å². The molecule has 0 saturated carbocycles. The summed E-state index contributed by atoms with van der Waals surface area (Å²) in [6.45, 7) is 0. The minimum absolute atomic E-state index is 0.865. The first kappa shape index (κ1) is 18.9. The molecule has 0 aliphatic heterocycles. The molecule has 0 aliphatic carbocycles. The van der Waals surface area contributed by atoms with E-state index in [4.69, 9.17) is 4.42 Å². The Bertz CT molecular complexity index is 1280. The van der Waals surface area contributed by atoms with Crippen LogP contribution in [0.3, 0.4) is 0 Å². The Labute approximate surface area is 182 Å². The Morgan fingerprint density at radius 2 is 1.06 bits per heavy atom. The van der Waals surface area contributed by atoms with Crippen molar-refractivity contribution in [2.45, 2.75) is 0 Å². The summed E-state index contributed by atoms with van der Waals surface area (Å²) in [4.78, 5) is 0. The van der Waals surface area contributed by atoms with Gasteiger partial charge >= 0.3 is 0 Å². The summed E-state index contributed by atoms with van der Waals surface area (Å²) in [5.74, 6) is 1.74. The van der Waals surface area contributed by atoms with Crippen molar-refractivity contribution in [3.05, 3.63) is 144 Å². The standard InChI is InChI=1S/C30H22O/c1-5-13-23(14-6-1)21-27(24-15-7-2-8-16-24)30-28(25-17-9-3-10-18-25)22-29(31-30)26-19-11-4-12-20-26/h1-22H/b27-21+. The van der Waals surface area contributed by atoms with Gasteiger partial charge in [-0.1, -0.05) is 121 Å². The van der Waals surface area contributed by atoms with Crippen molar-refractivity contribution in [2.24, 2.45) is 0 Å². The quantitative estimate of drug-likeness (QED) is 0.272. The lowest BCUT2D eigenvalue weighted by molar-refractivity contribution is 0.570. The van der Waals surface area contributed by atoms with E-state index in [0.29, 0.717) is 0 Å².